The maximum Gasteiger partial charge on any atom is 0.339 e. The molecular formula is C31H32F2O7S2. The van der Waals surface area contributed by atoms with E-state index in [1.165, 1.54) is 19.2 Å². The van der Waals surface area contributed by atoms with Crippen molar-refractivity contribution in [1.82, 2.24) is 0 Å². The Morgan fingerprint density at radius 3 is 2.02 bits per heavy atom. The number of rotatable bonds is 7. The van der Waals surface area contributed by atoms with Gasteiger partial charge in [-0.2, -0.15) is 16.8 Å². The fourth-order valence-electron chi connectivity index (χ4n) is 7.49. The lowest BCUT2D eigenvalue weighted by molar-refractivity contribution is -0.00807. The Hall–Kier alpha value is -3.02. The van der Waals surface area contributed by atoms with Crippen LogP contribution in [-0.2, 0) is 30.8 Å². The van der Waals surface area contributed by atoms with Gasteiger partial charge in [-0.05, 0) is 133 Å². The van der Waals surface area contributed by atoms with Crippen molar-refractivity contribution in [1.29, 1.82) is 0 Å². The SMILES string of the molecule is COc1cc2c(cc1OS(=O)(=O)c1ccc(F)cc1)CCC1C2CC[C@@]2(C)C1CC[C@@H]2OS(=O)(=O)c1ccc(F)cc1. The highest BCUT2D eigenvalue weighted by molar-refractivity contribution is 7.87. The summed E-state index contributed by atoms with van der Waals surface area (Å²) in [4.78, 5) is -0.211. The molecule has 11 heteroatoms. The smallest absolute Gasteiger partial charge is 0.339 e. The fraction of sp³-hybridized carbons (Fsp3) is 0.419. The Morgan fingerprint density at radius 2 is 1.40 bits per heavy atom. The maximum absolute atomic E-state index is 13.4. The van der Waals surface area contributed by atoms with Gasteiger partial charge in [0.05, 0.1) is 18.1 Å². The summed E-state index contributed by atoms with van der Waals surface area (Å²) in [6.45, 7) is 2.12. The summed E-state index contributed by atoms with van der Waals surface area (Å²) in [5.74, 6) is 0.0782. The zero-order valence-corrected chi connectivity index (χ0v) is 24.9. The molecule has 5 atom stereocenters. The molecule has 0 spiro atoms. The molecule has 0 N–H and O–H groups in total. The van der Waals surface area contributed by atoms with E-state index in [4.69, 9.17) is 13.1 Å². The van der Waals surface area contributed by atoms with E-state index in [9.17, 15) is 25.6 Å². The van der Waals surface area contributed by atoms with Crippen LogP contribution < -0.4 is 8.92 Å². The van der Waals surface area contributed by atoms with Crippen LogP contribution in [0.4, 0.5) is 8.78 Å². The summed E-state index contributed by atoms with van der Waals surface area (Å²) in [5.41, 5.74) is 1.76. The monoisotopic (exact) mass is 618 g/mol. The lowest BCUT2D eigenvalue weighted by atomic mass is 9.55. The molecule has 0 heterocycles. The van der Waals surface area contributed by atoms with Gasteiger partial charge >= 0.3 is 10.1 Å². The number of hydrogen-bond acceptors (Lipinski definition) is 7. The van der Waals surface area contributed by atoms with Crippen molar-refractivity contribution in [2.45, 2.75) is 67.3 Å². The van der Waals surface area contributed by atoms with Gasteiger partial charge in [0.25, 0.3) is 10.1 Å². The average molecular weight is 619 g/mol. The minimum atomic E-state index is -4.20. The van der Waals surface area contributed by atoms with Gasteiger partial charge in [-0.25, -0.2) is 8.78 Å². The highest BCUT2D eigenvalue weighted by Gasteiger charge is 2.56. The molecule has 42 heavy (non-hydrogen) atoms. The molecule has 2 saturated carbocycles. The lowest BCUT2D eigenvalue weighted by Gasteiger charge is -2.50. The van der Waals surface area contributed by atoms with Gasteiger partial charge in [0.2, 0.25) is 0 Å². The van der Waals surface area contributed by atoms with Crippen LogP contribution in [0, 0.1) is 28.9 Å². The van der Waals surface area contributed by atoms with Crippen LogP contribution in [0.25, 0.3) is 0 Å². The van der Waals surface area contributed by atoms with Crippen LogP contribution in [0.15, 0.2) is 70.5 Å². The third-order valence-electron chi connectivity index (χ3n) is 9.57. The molecule has 7 nitrogen and oxygen atoms in total. The van der Waals surface area contributed by atoms with Gasteiger partial charge < -0.3 is 8.92 Å². The van der Waals surface area contributed by atoms with E-state index in [0.717, 1.165) is 73.2 Å². The quantitative estimate of drug-likeness (QED) is 0.284. The second-order valence-electron chi connectivity index (χ2n) is 11.7. The summed E-state index contributed by atoms with van der Waals surface area (Å²) in [6.07, 6.45) is 4.15. The fourth-order valence-corrected chi connectivity index (χ4v) is 9.62. The van der Waals surface area contributed by atoms with E-state index < -0.39 is 38.0 Å². The number of halogens is 2. The van der Waals surface area contributed by atoms with Gasteiger partial charge in [0, 0.05) is 0 Å². The van der Waals surface area contributed by atoms with Crippen molar-refractivity contribution in [2.24, 2.45) is 17.3 Å². The first-order valence-electron chi connectivity index (χ1n) is 14.0. The third-order valence-corrected chi connectivity index (χ3v) is 12.2. The number of benzene rings is 3. The van der Waals surface area contributed by atoms with Crippen molar-refractivity contribution in [3.8, 4) is 11.5 Å². The maximum atomic E-state index is 13.4. The first-order valence-corrected chi connectivity index (χ1v) is 16.8. The van der Waals surface area contributed by atoms with Crippen molar-refractivity contribution >= 4 is 20.2 Å². The Labute approximate surface area is 245 Å². The van der Waals surface area contributed by atoms with Crippen LogP contribution >= 0.6 is 0 Å². The minimum Gasteiger partial charge on any atom is -0.493 e. The molecule has 3 aromatic rings. The van der Waals surface area contributed by atoms with Crippen LogP contribution in [0.5, 0.6) is 11.5 Å². The van der Waals surface area contributed by atoms with E-state index >= 15 is 0 Å². The number of methoxy groups -OCH3 is 1. The summed E-state index contributed by atoms with van der Waals surface area (Å²) in [6, 6.07) is 12.7. The van der Waals surface area contributed by atoms with Crippen LogP contribution in [-0.4, -0.2) is 30.0 Å². The highest BCUT2D eigenvalue weighted by atomic mass is 32.2. The number of hydrogen-bond donors (Lipinski definition) is 0. The van der Waals surface area contributed by atoms with Gasteiger partial charge in [0.1, 0.15) is 16.5 Å². The van der Waals surface area contributed by atoms with E-state index in [1.807, 2.05) is 6.07 Å². The Balaban J connectivity index is 1.24. The second kappa shape index (κ2) is 10.6. The predicted octanol–water partition coefficient (Wildman–Crippen LogP) is 6.37. The van der Waals surface area contributed by atoms with Crippen LogP contribution in [0.2, 0.25) is 0 Å². The molecule has 3 aromatic carbocycles. The summed E-state index contributed by atoms with van der Waals surface area (Å²) >= 11 is 0. The molecule has 0 radical (unpaired) electrons. The van der Waals surface area contributed by atoms with Crippen LogP contribution in [0.1, 0.15) is 56.1 Å². The van der Waals surface area contributed by atoms with Gasteiger partial charge in [-0.3, -0.25) is 4.18 Å². The zero-order valence-electron chi connectivity index (χ0n) is 23.3. The van der Waals surface area contributed by atoms with Crippen LogP contribution in [0.3, 0.4) is 0 Å². The van der Waals surface area contributed by atoms with Crippen molar-refractivity contribution in [3.63, 3.8) is 0 Å². The average Bonchev–Trinajstić information content (AvgIpc) is 3.28. The standard InChI is InChI=1S/C31H32F2O7S2/c1-31-16-15-24-25(27(31)13-14-30(31)40-42(36,37)23-10-6-21(33)7-11-23)12-3-19-17-29(28(38-2)18-26(19)24)39-41(34,35)22-8-4-20(32)5-9-22/h4-11,17-18,24-25,27,30H,3,12-16H2,1-2H3/t24?,25?,27?,30-,31-/m0/s1. The summed E-state index contributed by atoms with van der Waals surface area (Å²) < 4.78 is 95.4. The number of fused-ring (bicyclic) bond motifs is 5. The summed E-state index contributed by atoms with van der Waals surface area (Å²) in [5, 5.41) is 0. The van der Waals surface area contributed by atoms with E-state index in [0.29, 0.717) is 24.5 Å². The molecule has 2 fully saturated rings. The molecule has 0 aromatic heterocycles. The Bertz CT molecular complexity index is 1710. The Morgan fingerprint density at radius 1 is 0.786 bits per heavy atom. The normalized spacial score (nSPS) is 27.0. The lowest BCUT2D eigenvalue weighted by Crippen LogP contribution is -2.45. The molecule has 3 aliphatic carbocycles. The van der Waals surface area contributed by atoms with Crippen molar-refractivity contribution in [3.05, 3.63) is 83.4 Å². The first kappa shape index (κ1) is 29.1. The molecule has 224 valence electrons. The predicted molar refractivity (Wildman–Crippen MR) is 150 cm³/mol. The number of ether oxygens (including phenoxy) is 1. The first-order chi connectivity index (χ1) is 19.9. The molecule has 3 unspecified atom stereocenters. The van der Waals surface area contributed by atoms with Crippen molar-refractivity contribution in [2.75, 3.05) is 7.11 Å². The topological polar surface area (TPSA) is 96.0 Å². The second-order valence-corrected chi connectivity index (χ2v) is 14.8. The molecule has 0 amide bonds. The highest BCUT2D eigenvalue weighted by Crippen LogP contribution is 2.62. The van der Waals surface area contributed by atoms with E-state index in [2.05, 4.69) is 6.92 Å². The molecule has 0 aliphatic heterocycles. The van der Waals surface area contributed by atoms with Gasteiger partial charge in [0.15, 0.2) is 11.5 Å². The molecule has 6 rings (SSSR count). The molecule has 0 saturated heterocycles. The molecule has 0 bridgehead atoms. The zero-order chi connectivity index (χ0) is 29.9. The van der Waals surface area contributed by atoms with E-state index in [1.54, 1.807) is 6.07 Å². The third kappa shape index (κ3) is 5.09. The van der Waals surface area contributed by atoms with Gasteiger partial charge in [-0.15, -0.1) is 0 Å². The largest absolute Gasteiger partial charge is 0.493 e. The Kier molecular flexibility index (Phi) is 7.34. The molecule has 3 aliphatic rings. The van der Waals surface area contributed by atoms with Crippen molar-refractivity contribution < 1.29 is 38.7 Å². The van der Waals surface area contributed by atoms with Gasteiger partial charge in [-0.1, -0.05) is 6.92 Å². The summed E-state index contributed by atoms with van der Waals surface area (Å²) in [7, 11) is -6.79. The van der Waals surface area contributed by atoms with E-state index in [-0.39, 0.29) is 32.8 Å². The number of aryl methyl sites for hydroxylation is 1. The molecular weight excluding hydrogens is 586 g/mol. The minimum absolute atomic E-state index is 0.0530.